The standard InChI is InChI=1S/C16H11Cl3N2O3S2/c17-9-1-3-10(4-2-9)26(23,24)8-7-13(22)20-16-21-15-12(25-16)6-5-11(18)14(15)19/h1-6H,7-8H2,(H,20,21,22). The van der Waals surface area contributed by atoms with E-state index in [9.17, 15) is 13.2 Å². The Morgan fingerprint density at radius 3 is 2.46 bits per heavy atom. The number of nitrogens with one attached hydrogen (secondary N) is 1. The number of fused-ring (bicyclic) bond motifs is 1. The molecule has 2 aromatic carbocycles. The van der Waals surface area contributed by atoms with Gasteiger partial charge in [-0.05, 0) is 36.4 Å². The summed E-state index contributed by atoms with van der Waals surface area (Å²) in [6.45, 7) is 0. The third-order valence-electron chi connectivity index (χ3n) is 3.47. The number of sulfone groups is 1. The molecule has 0 unspecified atom stereocenters. The van der Waals surface area contributed by atoms with Gasteiger partial charge in [-0.2, -0.15) is 0 Å². The van der Waals surface area contributed by atoms with Crippen molar-refractivity contribution in [1.82, 2.24) is 4.98 Å². The Hall–Kier alpha value is -1.38. The molecule has 0 radical (unpaired) electrons. The Morgan fingerprint density at radius 1 is 1.08 bits per heavy atom. The summed E-state index contributed by atoms with van der Waals surface area (Å²) in [6, 6.07) is 9.20. The zero-order chi connectivity index (χ0) is 18.9. The smallest absolute Gasteiger partial charge is 0.227 e. The van der Waals surface area contributed by atoms with Gasteiger partial charge in [0.2, 0.25) is 5.91 Å². The van der Waals surface area contributed by atoms with Crippen molar-refractivity contribution in [1.29, 1.82) is 0 Å². The Morgan fingerprint density at radius 2 is 1.77 bits per heavy atom. The number of anilines is 1. The third kappa shape index (κ3) is 4.29. The molecule has 3 aromatic rings. The first-order valence-corrected chi connectivity index (χ1v) is 10.9. The summed E-state index contributed by atoms with van der Waals surface area (Å²) >= 11 is 19.0. The highest BCUT2D eigenvalue weighted by Gasteiger charge is 2.18. The maximum Gasteiger partial charge on any atom is 0.227 e. The number of halogens is 3. The predicted molar refractivity (Wildman–Crippen MR) is 106 cm³/mol. The van der Waals surface area contributed by atoms with Crippen LogP contribution in [0.3, 0.4) is 0 Å². The van der Waals surface area contributed by atoms with E-state index >= 15 is 0 Å². The second-order valence-electron chi connectivity index (χ2n) is 5.30. The summed E-state index contributed by atoms with van der Waals surface area (Å²) in [5, 5.41) is 4.05. The number of amides is 1. The molecule has 136 valence electrons. The maximum atomic E-state index is 12.3. The number of hydrogen-bond donors (Lipinski definition) is 1. The number of thiazole rings is 1. The average molecular weight is 450 g/mol. The minimum absolute atomic E-state index is 0.121. The average Bonchev–Trinajstić information content (AvgIpc) is 3.00. The maximum absolute atomic E-state index is 12.3. The van der Waals surface area contributed by atoms with E-state index in [4.69, 9.17) is 34.8 Å². The number of carbonyl (C=O) groups is 1. The van der Waals surface area contributed by atoms with Crippen LogP contribution in [0.4, 0.5) is 5.13 Å². The summed E-state index contributed by atoms with van der Waals surface area (Å²) in [5.74, 6) is -0.776. The summed E-state index contributed by atoms with van der Waals surface area (Å²) in [6.07, 6.45) is -0.199. The number of carbonyl (C=O) groups excluding carboxylic acids is 1. The fraction of sp³-hybridized carbons (Fsp3) is 0.125. The molecule has 0 fully saturated rings. The van der Waals surface area contributed by atoms with Gasteiger partial charge in [0.15, 0.2) is 15.0 Å². The lowest BCUT2D eigenvalue weighted by molar-refractivity contribution is -0.115. The Kier molecular flexibility index (Phi) is 5.74. The van der Waals surface area contributed by atoms with Crippen LogP contribution >= 0.6 is 46.1 Å². The highest BCUT2D eigenvalue weighted by molar-refractivity contribution is 7.91. The highest BCUT2D eigenvalue weighted by atomic mass is 35.5. The molecule has 1 aromatic heterocycles. The van der Waals surface area contributed by atoms with E-state index < -0.39 is 15.7 Å². The fourth-order valence-corrected chi connectivity index (χ4v) is 4.83. The van der Waals surface area contributed by atoms with Crippen molar-refractivity contribution in [2.24, 2.45) is 0 Å². The summed E-state index contributed by atoms with van der Waals surface area (Å²) < 4.78 is 25.3. The number of hydrogen-bond acceptors (Lipinski definition) is 5. The van der Waals surface area contributed by atoms with Gasteiger partial charge in [-0.1, -0.05) is 46.1 Å². The predicted octanol–water partition coefficient (Wildman–Crippen LogP) is 5.06. The molecule has 3 rings (SSSR count). The Bertz CT molecular complexity index is 1080. The largest absolute Gasteiger partial charge is 0.302 e. The summed E-state index contributed by atoms with van der Waals surface area (Å²) in [4.78, 5) is 16.4. The first-order chi connectivity index (χ1) is 12.3. The van der Waals surface area contributed by atoms with Crippen LogP contribution in [0.15, 0.2) is 41.3 Å². The van der Waals surface area contributed by atoms with Crippen molar-refractivity contribution in [2.45, 2.75) is 11.3 Å². The van der Waals surface area contributed by atoms with E-state index in [1.54, 1.807) is 12.1 Å². The second-order valence-corrected chi connectivity index (χ2v) is 9.66. The van der Waals surface area contributed by atoms with Crippen LogP contribution in [0.25, 0.3) is 10.2 Å². The topological polar surface area (TPSA) is 76.1 Å². The Balaban J connectivity index is 1.67. The van der Waals surface area contributed by atoms with E-state index in [1.165, 1.54) is 35.6 Å². The molecule has 1 heterocycles. The van der Waals surface area contributed by atoms with Crippen molar-refractivity contribution in [3.05, 3.63) is 51.5 Å². The summed E-state index contributed by atoms with van der Waals surface area (Å²) in [7, 11) is -3.58. The van der Waals surface area contributed by atoms with Gasteiger partial charge in [0.05, 0.1) is 25.4 Å². The van der Waals surface area contributed by atoms with Crippen LogP contribution in [0, 0.1) is 0 Å². The molecular formula is C16H11Cl3N2O3S2. The lowest BCUT2D eigenvalue weighted by atomic mass is 10.3. The Labute approximate surface area is 168 Å². The van der Waals surface area contributed by atoms with Crippen LogP contribution in [0.1, 0.15) is 6.42 Å². The van der Waals surface area contributed by atoms with Crippen LogP contribution in [-0.2, 0) is 14.6 Å². The van der Waals surface area contributed by atoms with Gasteiger partial charge in [0.25, 0.3) is 0 Å². The highest BCUT2D eigenvalue weighted by Crippen LogP contribution is 2.35. The van der Waals surface area contributed by atoms with Gasteiger partial charge < -0.3 is 5.32 Å². The molecule has 0 aliphatic heterocycles. The lowest BCUT2D eigenvalue weighted by Gasteiger charge is -2.04. The zero-order valence-electron chi connectivity index (χ0n) is 13.0. The second kappa shape index (κ2) is 7.70. The normalized spacial score (nSPS) is 11.7. The van der Waals surface area contributed by atoms with Gasteiger partial charge in [0.1, 0.15) is 5.52 Å². The molecule has 10 heteroatoms. The van der Waals surface area contributed by atoms with Gasteiger partial charge >= 0.3 is 0 Å². The molecule has 0 bridgehead atoms. The fourth-order valence-electron chi connectivity index (χ4n) is 2.16. The lowest BCUT2D eigenvalue weighted by Crippen LogP contribution is -2.17. The molecular weight excluding hydrogens is 439 g/mol. The zero-order valence-corrected chi connectivity index (χ0v) is 16.9. The van der Waals surface area contributed by atoms with Crippen molar-refractivity contribution < 1.29 is 13.2 Å². The first kappa shape index (κ1) is 19.4. The van der Waals surface area contributed by atoms with Crippen molar-refractivity contribution in [3.63, 3.8) is 0 Å². The molecule has 0 spiro atoms. The third-order valence-corrected chi connectivity index (χ3v) is 7.18. The quantitative estimate of drug-likeness (QED) is 0.591. The number of rotatable bonds is 5. The molecule has 0 atom stereocenters. The number of nitrogens with zero attached hydrogens (tertiary/aromatic N) is 1. The van der Waals surface area contributed by atoms with Crippen LogP contribution in [0.2, 0.25) is 15.1 Å². The minimum Gasteiger partial charge on any atom is -0.302 e. The minimum atomic E-state index is -3.58. The molecule has 0 saturated heterocycles. The van der Waals surface area contributed by atoms with E-state index in [-0.39, 0.29) is 17.1 Å². The summed E-state index contributed by atoms with van der Waals surface area (Å²) in [5.41, 5.74) is 0.494. The number of benzene rings is 2. The van der Waals surface area contributed by atoms with Gasteiger partial charge in [0, 0.05) is 11.4 Å². The van der Waals surface area contributed by atoms with Crippen molar-refractivity contribution in [2.75, 3.05) is 11.1 Å². The molecule has 1 amide bonds. The van der Waals surface area contributed by atoms with Crippen LogP contribution in [0.5, 0.6) is 0 Å². The SMILES string of the molecule is O=C(CCS(=O)(=O)c1ccc(Cl)cc1)Nc1nc2c(Cl)c(Cl)ccc2s1. The van der Waals surface area contributed by atoms with E-state index in [0.29, 0.717) is 25.7 Å². The molecule has 0 saturated carbocycles. The van der Waals surface area contributed by atoms with Crippen molar-refractivity contribution in [3.8, 4) is 0 Å². The van der Waals surface area contributed by atoms with E-state index in [1.807, 2.05) is 0 Å². The van der Waals surface area contributed by atoms with E-state index in [2.05, 4.69) is 10.3 Å². The van der Waals surface area contributed by atoms with Gasteiger partial charge in [-0.25, -0.2) is 13.4 Å². The first-order valence-electron chi connectivity index (χ1n) is 7.29. The molecule has 26 heavy (non-hydrogen) atoms. The van der Waals surface area contributed by atoms with Gasteiger partial charge in [-0.3, -0.25) is 4.79 Å². The van der Waals surface area contributed by atoms with E-state index in [0.717, 1.165) is 4.70 Å². The van der Waals surface area contributed by atoms with Gasteiger partial charge in [-0.15, -0.1) is 0 Å². The molecule has 0 aliphatic carbocycles. The molecule has 0 aliphatic rings. The monoisotopic (exact) mass is 448 g/mol. The van der Waals surface area contributed by atoms with Crippen LogP contribution < -0.4 is 5.32 Å². The van der Waals surface area contributed by atoms with Crippen LogP contribution in [-0.4, -0.2) is 25.1 Å². The van der Waals surface area contributed by atoms with Crippen molar-refractivity contribution >= 4 is 77.2 Å². The molecule has 1 N–H and O–H groups in total. The molecule has 5 nitrogen and oxygen atoms in total. The number of aromatic nitrogens is 1.